The molecule has 2 rings (SSSR count). The van der Waals surface area contributed by atoms with E-state index in [0.29, 0.717) is 14.9 Å². The van der Waals surface area contributed by atoms with Gasteiger partial charge < -0.3 is 5.11 Å². The largest absolute Gasteiger partial charge is 0.481 e. The molecule has 0 saturated heterocycles. The van der Waals surface area contributed by atoms with Gasteiger partial charge in [-0.05, 0) is 18.2 Å². The van der Waals surface area contributed by atoms with Crippen molar-refractivity contribution in [2.75, 3.05) is 0 Å². The average Bonchev–Trinajstić information content (AvgIpc) is 2.78. The first-order chi connectivity index (χ1) is 9.08. The van der Waals surface area contributed by atoms with Crippen LogP contribution in [0.15, 0.2) is 32.8 Å². The first kappa shape index (κ1) is 13.5. The van der Waals surface area contributed by atoms with Gasteiger partial charge in [0.05, 0.1) is 17.7 Å². The maximum Gasteiger partial charge on any atom is 0.309 e. The van der Waals surface area contributed by atoms with Crippen molar-refractivity contribution in [2.24, 2.45) is 0 Å². The van der Waals surface area contributed by atoms with Crippen molar-refractivity contribution in [1.29, 1.82) is 5.26 Å². The monoisotopic (exact) mass is 294 g/mol. The lowest BCUT2D eigenvalue weighted by Crippen LogP contribution is -1.99. The molecule has 0 radical (unpaired) electrons. The van der Waals surface area contributed by atoms with Gasteiger partial charge in [0.2, 0.25) is 0 Å². The van der Waals surface area contributed by atoms with E-state index in [1.54, 1.807) is 5.38 Å². The highest BCUT2D eigenvalue weighted by molar-refractivity contribution is 8.01. The second-order valence-corrected chi connectivity index (χ2v) is 5.68. The molecule has 96 valence electrons. The summed E-state index contributed by atoms with van der Waals surface area (Å²) in [5, 5.41) is 19.2. The Labute approximate surface area is 116 Å². The first-order valence-corrected chi connectivity index (χ1v) is 6.82. The minimum atomic E-state index is -0.943. The fourth-order valence-electron chi connectivity index (χ4n) is 1.34. The maximum atomic E-state index is 13.0. The number of rotatable bonds is 4. The number of aliphatic carboxylic acids is 1. The number of benzene rings is 1. The molecule has 0 aliphatic carbocycles. The summed E-state index contributed by atoms with van der Waals surface area (Å²) in [7, 11) is 0. The van der Waals surface area contributed by atoms with E-state index < -0.39 is 11.8 Å². The van der Waals surface area contributed by atoms with E-state index >= 15 is 0 Å². The van der Waals surface area contributed by atoms with Crippen LogP contribution in [0.1, 0.15) is 11.3 Å². The predicted molar refractivity (Wildman–Crippen MR) is 68.7 cm³/mol. The molecule has 1 aromatic heterocycles. The van der Waals surface area contributed by atoms with Gasteiger partial charge in [-0.3, -0.25) is 4.79 Å². The third kappa shape index (κ3) is 3.53. The molecule has 0 amide bonds. The summed E-state index contributed by atoms with van der Waals surface area (Å²) in [5.74, 6) is -1.41. The zero-order valence-electron chi connectivity index (χ0n) is 9.46. The van der Waals surface area contributed by atoms with Gasteiger partial charge in [0, 0.05) is 10.3 Å². The highest BCUT2D eigenvalue weighted by Gasteiger charge is 2.10. The molecule has 0 unspecified atom stereocenters. The lowest BCUT2D eigenvalue weighted by molar-refractivity contribution is -0.136. The van der Waals surface area contributed by atoms with Gasteiger partial charge in [-0.1, -0.05) is 11.8 Å². The van der Waals surface area contributed by atoms with Gasteiger partial charge in [0.15, 0.2) is 4.34 Å². The number of carboxylic acid groups (broad SMARTS) is 1. The molecular formula is C12H7FN2O2S2. The molecule has 0 atom stereocenters. The van der Waals surface area contributed by atoms with E-state index in [1.807, 2.05) is 6.07 Å². The Morgan fingerprint density at radius 3 is 3.05 bits per heavy atom. The third-order valence-corrected chi connectivity index (χ3v) is 4.19. The summed E-state index contributed by atoms with van der Waals surface area (Å²) in [6.45, 7) is 0. The Kier molecular flexibility index (Phi) is 4.14. The number of hydrogen-bond donors (Lipinski definition) is 1. The number of halogens is 1. The van der Waals surface area contributed by atoms with Crippen LogP contribution >= 0.6 is 23.1 Å². The normalized spacial score (nSPS) is 10.1. The van der Waals surface area contributed by atoms with Gasteiger partial charge in [-0.2, -0.15) is 5.26 Å². The van der Waals surface area contributed by atoms with E-state index in [0.717, 1.165) is 6.07 Å². The zero-order valence-corrected chi connectivity index (χ0v) is 11.1. The van der Waals surface area contributed by atoms with Crippen LogP contribution in [0.5, 0.6) is 0 Å². The maximum absolute atomic E-state index is 13.0. The lowest BCUT2D eigenvalue weighted by atomic mass is 10.2. The Balaban J connectivity index is 2.20. The van der Waals surface area contributed by atoms with Crippen LogP contribution < -0.4 is 0 Å². The minimum Gasteiger partial charge on any atom is -0.481 e. The number of hydrogen-bond acceptors (Lipinski definition) is 5. The summed E-state index contributed by atoms with van der Waals surface area (Å²) in [4.78, 5) is 15.3. The molecule has 7 heteroatoms. The SMILES string of the molecule is N#Cc1cc(F)ccc1Sc1nc(CC(=O)O)cs1. The van der Waals surface area contributed by atoms with E-state index in [2.05, 4.69) is 4.98 Å². The topological polar surface area (TPSA) is 74.0 Å². The summed E-state index contributed by atoms with van der Waals surface area (Å²) < 4.78 is 13.6. The number of carbonyl (C=O) groups is 1. The van der Waals surface area contributed by atoms with E-state index in [9.17, 15) is 9.18 Å². The number of nitriles is 1. The molecule has 0 fully saturated rings. The fraction of sp³-hybridized carbons (Fsp3) is 0.0833. The van der Waals surface area contributed by atoms with E-state index in [-0.39, 0.29) is 12.0 Å². The van der Waals surface area contributed by atoms with Crippen LogP contribution in [0.25, 0.3) is 0 Å². The van der Waals surface area contributed by atoms with Gasteiger partial charge in [0.1, 0.15) is 11.9 Å². The van der Waals surface area contributed by atoms with Gasteiger partial charge >= 0.3 is 5.97 Å². The molecule has 0 spiro atoms. The van der Waals surface area contributed by atoms with Crippen molar-refractivity contribution in [1.82, 2.24) is 4.98 Å². The number of thiazole rings is 1. The van der Waals surface area contributed by atoms with Crippen LogP contribution in [-0.4, -0.2) is 16.1 Å². The second-order valence-electron chi connectivity index (χ2n) is 3.53. The predicted octanol–water partition coefficient (Wildman–Crippen LogP) is 2.93. The van der Waals surface area contributed by atoms with Crippen molar-refractivity contribution in [3.05, 3.63) is 40.7 Å². The highest BCUT2D eigenvalue weighted by atomic mass is 32.2. The van der Waals surface area contributed by atoms with Crippen molar-refractivity contribution in [3.8, 4) is 6.07 Å². The van der Waals surface area contributed by atoms with Gasteiger partial charge in [0.25, 0.3) is 0 Å². The van der Waals surface area contributed by atoms with E-state index in [4.69, 9.17) is 10.4 Å². The quantitative estimate of drug-likeness (QED) is 0.938. The van der Waals surface area contributed by atoms with Crippen molar-refractivity contribution < 1.29 is 14.3 Å². The molecule has 1 aromatic carbocycles. The molecule has 0 aliphatic heterocycles. The Bertz CT molecular complexity index is 664. The van der Waals surface area contributed by atoms with Gasteiger partial charge in [-0.25, -0.2) is 9.37 Å². The average molecular weight is 294 g/mol. The Morgan fingerprint density at radius 2 is 2.37 bits per heavy atom. The van der Waals surface area contributed by atoms with Crippen LogP contribution in [0, 0.1) is 17.1 Å². The molecule has 1 heterocycles. The van der Waals surface area contributed by atoms with Crippen molar-refractivity contribution >= 4 is 29.1 Å². The minimum absolute atomic E-state index is 0.133. The smallest absolute Gasteiger partial charge is 0.309 e. The lowest BCUT2D eigenvalue weighted by Gasteiger charge is -2.00. The summed E-state index contributed by atoms with van der Waals surface area (Å²) in [5.41, 5.74) is 0.709. The molecular weight excluding hydrogens is 287 g/mol. The molecule has 0 saturated carbocycles. The van der Waals surface area contributed by atoms with Crippen LogP contribution in [-0.2, 0) is 11.2 Å². The second kappa shape index (κ2) is 5.82. The molecule has 19 heavy (non-hydrogen) atoms. The molecule has 1 N–H and O–H groups in total. The van der Waals surface area contributed by atoms with Crippen molar-refractivity contribution in [2.45, 2.75) is 15.7 Å². The molecule has 4 nitrogen and oxygen atoms in total. The number of aromatic nitrogens is 1. The standard InChI is InChI=1S/C12H7FN2O2S2/c13-8-1-2-10(7(3-8)5-14)19-12-15-9(6-18-12)4-11(16)17/h1-3,6H,4H2,(H,16,17). The first-order valence-electron chi connectivity index (χ1n) is 5.12. The summed E-state index contributed by atoms with van der Waals surface area (Å²) in [6, 6.07) is 5.86. The Morgan fingerprint density at radius 1 is 1.58 bits per heavy atom. The molecule has 2 aromatic rings. The summed E-state index contributed by atoms with van der Waals surface area (Å²) in [6.07, 6.45) is -0.133. The third-order valence-electron chi connectivity index (χ3n) is 2.12. The van der Waals surface area contributed by atoms with Crippen molar-refractivity contribution in [3.63, 3.8) is 0 Å². The highest BCUT2D eigenvalue weighted by Crippen LogP contribution is 2.32. The number of carboxylic acids is 1. The number of nitrogens with zero attached hydrogens (tertiary/aromatic N) is 2. The fourth-order valence-corrected chi connectivity index (χ4v) is 3.19. The molecule has 0 bridgehead atoms. The van der Waals surface area contributed by atoms with Crippen LogP contribution in [0.3, 0.4) is 0 Å². The molecule has 0 aliphatic rings. The zero-order chi connectivity index (χ0) is 13.8. The van der Waals surface area contributed by atoms with Crippen LogP contribution in [0.2, 0.25) is 0 Å². The van der Waals surface area contributed by atoms with Gasteiger partial charge in [-0.15, -0.1) is 11.3 Å². The Hall–Kier alpha value is -1.91. The van der Waals surface area contributed by atoms with E-state index in [1.165, 1.54) is 35.2 Å². The summed E-state index contributed by atoms with van der Waals surface area (Å²) >= 11 is 2.52. The van der Waals surface area contributed by atoms with Crippen LogP contribution in [0.4, 0.5) is 4.39 Å².